The van der Waals surface area contributed by atoms with Crippen molar-refractivity contribution in [2.24, 2.45) is 5.92 Å². The van der Waals surface area contributed by atoms with Gasteiger partial charge in [-0.25, -0.2) is 4.39 Å². The molecule has 0 aromatic rings. The molecule has 0 spiro atoms. The summed E-state index contributed by atoms with van der Waals surface area (Å²) < 4.78 is 19.8. The fourth-order valence-electron chi connectivity index (χ4n) is 5.30. The second-order valence-electron chi connectivity index (χ2n) is 11.7. The van der Waals surface area contributed by atoms with E-state index in [-0.39, 0.29) is 18.5 Å². The predicted molar refractivity (Wildman–Crippen MR) is 161 cm³/mol. The zero-order valence-electron chi connectivity index (χ0n) is 25.6. The number of esters is 1. The molecule has 2 unspecified atom stereocenters. The van der Waals surface area contributed by atoms with Gasteiger partial charge in [0.1, 0.15) is 6.17 Å². The molecule has 0 bridgehead atoms. The van der Waals surface area contributed by atoms with E-state index in [1.165, 1.54) is 122 Å². The molecule has 0 fully saturated rings. The first-order valence-electron chi connectivity index (χ1n) is 17.0. The Morgan fingerprint density at radius 3 is 1.19 bits per heavy atom. The molecule has 37 heavy (non-hydrogen) atoms. The van der Waals surface area contributed by atoms with E-state index in [1.54, 1.807) is 0 Å². The first-order valence-corrected chi connectivity index (χ1v) is 17.0. The van der Waals surface area contributed by atoms with Gasteiger partial charge in [0.05, 0.1) is 12.5 Å². The van der Waals surface area contributed by atoms with Crippen LogP contribution in [0.4, 0.5) is 4.39 Å². The lowest BCUT2D eigenvalue weighted by molar-refractivity contribution is -0.149. The van der Waals surface area contributed by atoms with Gasteiger partial charge < -0.3 is 4.74 Å². The highest BCUT2D eigenvalue weighted by molar-refractivity contribution is 5.72. The molecule has 0 amide bonds. The predicted octanol–water partition coefficient (Wildman–Crippen LogP) is 12.1. The maximum Gasteiger partial charge on any atom is 0.308 e. The van der Waals surface area contributed by atoms with E-state index >= 15 is 0 Å². The van der Waals surface area contributed by atoms with Gasteiger partial charge in [-0.3, -0.25) is 4.79 Å². The van der Waals surface area contributed by atoms with E-state index in [1.807, 2.05) is 0 Å². The Kier molecular flexibility index (Phi) is 29.5. The Morgan fingerprint density at radius 1 is 0.486 bits per heavy atom. The molecular formula is C34H67FO2. The van der Waals surface area contributed by atoms with E-state index in [4.69, 9.17) is 4.74 Å². The summed E-state index contributed by atoms with van der Waals surface area (Å²) in [6, 6.07) is 0. The van der Waals surface area contributed by atoms with Gasteiger partial charge in [0.15, 0.2) is 0 Å². The number of alkyl halides is 1. The van der Waals surface area contributed by atoms with Gasteiger partial charge in [-0.1, -0.05) is 168 Å². The quantitative estimate of drug-likeness (QED) is 0.0687. The van der Waals surface area contributed by atoms with Crippen LogP contribution in [0.3, 0.4) is 0 Å². The molecule has 0 saturated heterocycles. The van der Waals surface area contributed by atoms with Crippen LogP contribution in [0.25, 0.3) is 0 Å². The van der Waals surface area contributed by atoms with Crippen LogP contribution >= 0.6 is 0 Å². The lowest BCUT2D eigenvalue weighted by atomic mass is 9.94. The van der Waals surface area contributed by atoms with Crippen LogP contribution < -0.4 is 0 Å². The zero-order chi connectivity index (χ0) is 27.2. The number of hydrogen-bond donors (Lipinski definition) is 0. The first-order chi connectivity index (χ1) is 18.2. The van der Waals surface area contributed by atoms with Crippen LogP contribution in [0.5, 0.6) is 0 Å². The zero-order valence-corrected chi connectivity index (χ0v) is 25.6. The highest BCUT2D eigenvalue weighted by atomic mass is 19.1. The van der Waals surface area contributed by atoms with Crippen LogP contribution in [-0.4, -0.2) is 18.7 Å². The number of rotatable bonds is 30. The highest BCUT2D eigenvalue weighted by Crippen LogP contribution is 2.22. The number of carbonyl (C=O) groups excluding carboxylic acids is 1. The summed E-state index contributed by atoms with van der Waals surface area (Å²) in [5, 5.41) is 0. The van der Waals surface area contributed by atoms with Crippen molar-refractivity contribution in [1.29, 1.82) is 0 Å². The standard InChI is InChI=1S/C34H67FO2/c1-4-7-10-13-15-17-18-20-23-25-28-32(27-24-22-19-16-14-11-8-5-2)34(36)37-31-30-33(35)29-26-21-12-9-6-3/h32-33H,4-31H2,1-3H3. The Hall–Kier alpha value is -0.600. The highest BCUT2D eigenvalue weighted by Gasteiger charge is 2.20. The maximum atomic E-state index is 14.2. The SMILES string of the molecule is CCCCCCCCCCCCC(CCCCCCCCCC)C(=O)OCCC(F)CCCCCCC. The third kappa shape index (κ3) is 26.8. The molecule has 0 N–H and O–H groups in total. The van der Waals surface area contributed by atoms with E-state index in [2.05, 4.69) is 20.8 Å². The summed E-state index contributed by atoms with van der Waals surface area (Å²) in [6.45, 7) is 6.98. The maximum absolute atomic E-state index is 14.2. The van der Waals surface area contributed by atoms with Gasteiger partial charge in [-0.05, 0) is 19.3 Å². The summed E-state index contributed by atoms with van der Waals surface area (Å²) in [6.07, 6.45) is 31.2. The van der Waals surface area contributed by atoms with Crippen molar-refractivity contribution in [3.05, 3.63) is 0 Å². The molecule has 0 aliphatic rings. The minimum atomic E-state index is -0.831. The van der Waals surface area contributed by atoms with Crippen molar-refractivity contribution < 1.29 is 13.9 Å². The number of ether oxygens (including phenoxy) is 1. The molecule has 2 nitrogen and oxygen atoms in total. The average molecular weight is 527 g/mol. The third-order valence-electron chi connectivity index (χ3n) is 7.94. The minimum absolute atomic E-state index is 0.0150. The number of hydrogen-bond acceptors (Lipinski definition) is 2. The topological polar surface area (TPSA) is 26.3 Å². The smallest absolute Gasteiger partial charge is 0.308 e. The van der Waals surface area contributed by atoms with E-state index in [0.717, 1.165) is 38.5 Å². The number of unbranched alkanes of at least 4 members (excludes halogenated alkanes) is 20. The van der Waals surface area contributed by atoms with E-state index in [9.17, 15) is 9.18 Å². The van der Waals surface area contributed by atoms with Crippen LogP contribution in [0.15, 0.2) is 0 Å². The first kappa shape index (κ1) is 36.4. The summed E-state index contributed by atoms with van der Waals surface area (Å²) >= 11 is 0. The van der Waals surface area contributed by atoms with Crippen LogP contribution in [0, 0.1) is 5.92 Å². The summed E-state index contributed by atoms with van der Waals surface area (Å²) in [5.41, 5.74) is 0. The fraction of sp³-hybridized carbons (Fsp3) is 0.971. The Labute approximate surface area is 232 Å². The molecule has 0 saturated carbocycles. The molecule has 0 rings (SSSR count). The molecule has 0 aromatic heterocycles. The van der Waals surface area contributed by atoms with Crippen molar-refractivity contribution in [1.82, 2.24) is 0 Å². The molecule has 2 atom stereocenters. The molecule has 0 aromatic carbocycles. The van der Waals surface area contributed by atoms with Crippen LogP contribution in [0.1, 0.15) is 194 Å². The van der Waals surface area contributed by atoms with Gasteiger partial charge in [-0.15, -0.1) is 0 Å². The lowest BCUT2D eigenvalue weighted by Gasteiger charge is -2.17. The second kappa shape index (κ2) is 29.9. The monoisotopic (exact) mass is 527 g/mol. The van der Waals surface area contributed by atoms with Crippen molar-refractivity contribution in [3.8, 4) is 0 Å². The molecular weight excluding hydrogens is 459 g/mol. The Balaban J connectivity index is 4.16. The molecule has 0 heterocycles. The van der Waals surface area contributed by atoms with E-state index < -0.39 is 6.17 Å². The third-order valence-corrected chi connectivity index (χ3v) is 7.94. The number of carbonyl (C=O) groups is 1. The van der Waals surface area contributed by atoms with Gasteiger partial charge >= 0.3 is 5.97 Å². The van der Waals surface area contributed by atoms with Gasteiger partial charge in [0, 0.05) is 6.42 Å². The van der Waals surface area contributed by atoms with Gasteiger partial charge in [0.25, 0.3) is 0 Å². The van der Waals surface area contributed by atoms with Crippen molar-refractivity contribution in [3.63, 3.8) is 0 Å². The summed E-state index contributed by atoms with van der Waals surface area (Å²) in [5.74, 6) is -0.0461. The fourth-order valence-corrected chi connectivity index (χ4v) is 5.30. The molecule has 0 aliphatic heterocycles. The molecule has 222 valence electrons. The van der Waals surface area contributed by atoms with E-state index in [0.29, 0.717) is 12.8 Å². The average Bonchev–Trinajstić information content (AvgIpc) is 2.89. The van der Waals surface area contributed by atoms with Crippen LogP contribution in [0.2, 0.25) is 0 Å². The Morgan fingerprint density at radius 2 is 0.811 bits per heavy atom. The second-order valence-corrected chi connectivity index (χ2v) is 11.7. The van der Waals surface area contributed by atoms with Crippen molar-refractivity contribution >= 4 is 5.97 Å². The van der Waals surface area contributed by atoms with Crippen molar-refractivity contribution in [2.75, 3.05) is 6.61 Å². The number of halogens is 1. The largest absolute Gasteiger partial charge is 0.465 e. The summed E-state index contributed by atoms with van der Waals surface area (Å²) in [4.78, 5) is 12.8. The molecule has 0 aliphatic carbocycles. The van der Waals surface area contributed by atoms with Crippen LogP contribution in [-0.2, 0) is 9.53 Å². The van der Waals surface area contributed by atoms with Crippen molar-refractivity contribution in [2.45, 2.75) is 200 Å². The lowest BCUT2D eigenvalue weighted by Crippen LogP contribution is -2.20. The van der Waals surface area contributed by atoms with Gasteiger partial charge in [0.2, 0.25) is 0 Å². The Bertz CT molecular complexity index is 453. The summed E-state index contributed by atoms with van der Waals surface area (Å²) in [7, 11) is 0. The molecule has 0 radical (unpaired) electrons. The minimum Gasteiger partial charge on any atom is -0.465 e. The molecule has 3 heteroatoms. The normalized spacial score (nSPS) is 13.1. The van der Waals surface area contributed by atoms with Gasteiger partial charge in [-0.2, -0.15) is 0 Å².